The zero-order chi connectivity index (χ0) is 14.6. The molecule has 0 saturated carbocycles. The van der Waals surface area contributed by atoms with Crippen molar-refractivity contribution in [1.82, 2.24) is 4.31 Å². The van der Waals surface area contributed by atoms with Gasteiger partial charge in [0, 0.05) is 24.2 Å². The lowest BCUT2D eigenvalue weighted by Gasteiger charge is -2.21. The van der Waals surface area contributed by atoms with E-state index in [0.717, 1.165) is 0 Å². The molecule has 4 nitrogen and oxygen atoms in total. The van der Waals surface area contributed by atoms with Gasteiger partial charge in [0.15, 0.2) is 0 Å². The standard InChI is InChI=1S/C11H14BrCl2NO3S/c1-2-15(4-3-5-16)19(17,18)11-9(13)6-8(12)7-10(11)14/h6-7,16H,2-5H2,1H3. The summed E-state index contributed by atoms with van der Waals surface area (Å²) in [5, 5.41) is 8.95. The van der Waals surface area contributed by atoms with Crippen LogP contribution in [0.25, 0.3) is 0 Å². The minimum absolute atomic E-state index is 0.0711. The molecule has 0 heterocycles. The Morgan fingerprint density at radius 2 is 1.84 bits per heavy atom. The Balaban J connectivity index is 3.26. The number of aliphatic hydroxyl groups excluding tert-OH is 1. The van der Waals surface area contributed by atoms with Gasteiger partial charge in [0.1, 0.15) is 4.90 Å². The lowest BCUT2D eigenvalue weighted by atomic mass is 10.4. The summed E-state index contributed by atoms with van der Waals surface area (Å²) < 4.78 is 26.8. The third-order valence-corrected chi connectivity index (χ3v) is 5.83. The number of halogens is 3. The van der Waals surface area contributed by atoms with Crippen LogP contribution >= 0.6 is 39.1 Å². The quantitative estimate of drug-likeness (QED) is 0.811. The van der Waals surface area contributed by atoms with Crippen molar-refractivity contribution in [2.45, 2.75) is 18.2 Å². The van der Waals surface area contributed by atoms with E-state index in [9.17, 15) is 8.42 Å². The molecule has 0 spiro atoms. The molecular weight excluding hydrogens is 377 g/mol. The van der Waals surface area contributed by atoms with Crippen molar-refractivity contribution in [1.29, 1.82) is 0 Å². The number of aliphatic hydroxyl groups is 1. The first-order chi connectivity index (χ1) is 8.84. The molecule has 0 atom stereocenters. The SMILES string of the molecule is CCN(CCCO)S(=O)(=O)c1c(Cl)cc(Br)cc1Cl. The molecule has 0 fully saturated rings. The van der Waals surface area contributed by atoms with E-state index in [2.05, 4.69) is 15.9 Å². The number of benzene rings is 1. The molecule has 1 aromatic carbocycles. The maximum atomic E-state index is 12.5. The summed E-state index contributed by atoms with van der Waals surface area (Å²) in [4.78, 5) is -0.0983. The monoisotopic (exact) mass is 389 g/mol. The summed E-state index contributed by atoms with van der Waals surface area (Å²) in [5.41, 5.74) is 0. The number of rotatable bonds is 6. The van der Waals surface area contributed by atoms with Gasteiger partial charge >= 0.3 is 0 Å². The minimum Gasteiger partial charge on any atom is -0.396 e. The van der Waals surface area contributed by atoms with Gasteiger partial charge in [-0.05, 0) is 18.6 Å². The Morgan fingerprint density at radius 1 is 1.32 bits per heavy atom. The fourth-order valence-electron chi connectivity index (χ4n) is 1.60. The number of nitrogens with zero attached hydrogens (tertiary/aromatic N) is 1. The molecule has 8 heteroatoms. The second-order valence-electron chi connectivity index (χ2n) is 3.77. The van der Waals surface area contributed by atoms with Gasteiger partial charge in [-0.15, -0.1) is 0 Å². The van der Waals surface area contributed by atoms with E-state index < -0.39 is 10.0 Å². The van der Waals surface area contributed by atoms with Crippen LogP contribution in [-0.2, 0) is 10.0 Å². The van der Waals surface area contributed by atoms with Gasteiger partial charge in [-0.1, -0.05) is 46.1 Å². The van der Waals surface area contributed by atoms with Gasteiger partial charge in [0.2, 0.25) is 10.0 Å². The highest BCUT2D eigenvalue weighted by Gasteiger charge is 2.28. The molecule has 0 bridgehead atoms. The highest BCUT2D eigenvalue weighted by molar-refractivity contribution is 9.10. The van der Waals surface area contributed by atoms with E-state index in [0.29, 0.717) is 10.9 Å². The maximum absolute atomic E-state index is 12.5. The van der Waals surface area contributed by atoms with Crippen molar-refractivity contribution in [3.63, 3.8) is 0 Å². The van der Waals surface area contributed by atoms with Crippen LogP contribution in [0.1, 0.15) is 13.3 Å². The summed E-state index contributed by atoms with van der Waals surface area (Å²) in [5.74, 6) is 0. The van der Waals surface area contributed by atoms with Crippen LogP contribution in [-0.4, -0.2) is 37.5 Å². The first-order valence-electron chi connectivity index (χ1n) is 5.60. The number of hydrogen-bond acceptors (Lipinski definition) is 3. The highest BCUT2D eigenvalue weighted by Crippen LogP contribution is 2.34. The summed E-state index contributed by atoms with van der Waals surface area (Å²) in [6.07, 6.45) is 0.360. The topological polar surface area (TPSA) is 57.6 Å². The van der Waals surface area contributed by atoms with Gasteiger partial charge in [-0.2, -0.15) is 4.31 Å². The van der Waals surface area contributed by atoms with E-state index in [1.54, 1.807) is 6.92 Å². The van der Waals surface area contributed by atoms with Crippen molar-refractivity contribution in [3.05, 3.63) is 26.7 Å². The van der Waals surface area contributed by atoms with Crippen molar-refractivity contribution in [2.75, 3.05) is 19.7 Å². The van der Waals surface area contributed by atoms with E-state index >= 15 is 0 Å². The fourth-order valence-corrected chi connectivity index (χ4v) is 4.97. The van der Waals surface area contributed by atoms with Crippen LogP contribution in [0.5, 0.6) is 0 Å². The molecule has 0 aliphatic heterocycles. The Bertz CT molecular complexity index is 528. The zero-order valence-corrected chi connectivity index (χ0v) is 14.2. The van der Waals surface area contributed by atoms with Gasteiger partial charge in [-0.25, -0.2) is 8.42 Å². The van der Waals surface area contributed by atoms with Crippen LogP contribution in [0.3, 0.4) is 0 Å². The Labute approximate surface area is 131 Å². The molecule has 1 rings (SSSR count). The van der Waals surface area contributed by atoms with Crippen molar-refractivity contribution in [2.24, 2.45) is 0 Å². The fraction of sp³-hybridized carbons (Fsp3) is 0.455. The predicted octanol–water partition coefficient (Wildman–Crippen LogP) is 3.15. The normalized spacial score (nSPS) is 12.1. The summed E-state index contributed by atoms with van der Waals surface area (Å²) in [6.45, 7) is 2.15. The highest BCUT2D eigenvalue weighted by atomic mass is 79.9. The lowest BCUT2D eigenvalue weighted by Crippen LogP contribution is -2.32. The molecule has 1 aromatic rings. The van der Waals surface area contributed by atoms with Crippen molar-refractivity contribution >= 4 is 49.2 Å². The van der Waals surface area contributed by atoms with Crippen LogP contribution in [0.2, 0.25) is 10.0 Å². The third-order valence-electron chi connectivity index (χ3n) is 2.48. The number of sulfonamides is 1. The summed E-state index contributed by atoms with van der Waals surface area (Å²) in [6, 6.07) is 2.97. The molecular formula is C11H14BrCl2NO3S. The average molecular weight is 391 g/mol. The molecule has 108 valence electrons. The lowest BCUT2D eigenvalue weighted by molar-refractivity contribution is 0.271. The molecule has 0 radical (unpaired) electrons. The molecule has 0 amide bonds. The van der Waals surface area contributed by atoms with Crippen LogP contribution < -0.4 is 0 Å². The Hall–Kier alpha value is 0.150. The number of hydrogen-bond donors (Lipinski definition) is 1. The van der Waals surface area contributed by atoms with Gasteiger partial charge in [-0.3, -0.25) is 0 Å². The second kappa shape index (κ2) is 7.24. The minimum atomic E-state index is -3.76. The molecule has 0 aliphatic rings. The zero-order valence-electron chi connectivity index (χ0n) is 10.2. The van der Waals surface area contributed by atoms with Crippen molar-refractivity contribution in [3.8, 4) is 0 Å². The largest absolute Gasteiger partial charge is 0.396 e. The van der Waals surface area contributed by atoms with Crippen LogP contribution in [0.4, 0.5) is 0 Å². The molecule has 19 heavy (non-hydrogen) atoms. The molecule has 0 saturated heterocycles. The smallest absolute Gasteiger partial charge is 0.246 e. The Morgan fingerprint density at radius 3 is 2.26 bits per heavy atom. The molecule has 0 aliphatic carbocycles. The van der Waals surface area contributed by atoms with Gasteiger partial charge < -0.3 is 5.11 Å². The maximum Gasteiger partial charge on any atom is 0.246 e. The van der Waals surface area contributed by atoms with E-state index in [4.69, 9.17) is 28.3 Å². The third kappa shape index (κ3) is 4.06. The molecule has 1 N–H and O–H groups in total. The summed E-state index contributed by atoms with van der Waals surface area (Å²) >= 11 is 15.2. The molecule has 0 unspecified atom stereocenters. The Kier molecular flexibility index (Phi) is 6.56. The van der Waals surface area contributed by atoms with Gasteiger partial charge in [0.25, 0.3) is 0 Å². The second-order valence-corrected chi connectivity index (χ2v) is 7.38. The predicted molar refractivity (Wildman–Crippen MR) is 80.3 cm³/mol. The van der Waals surface area contributed by atoms with Crippen LogP contribution in [0.15, 0.2) is 21.5 Å². The van der Waals surface area contributed by atoms with Gasteiger partial charge in [0.05, 0.1) is 10.0 Å². The first-order valence-corrected chi connectivity index (χ1v) is 8.59. The van der Waals surface area contributed by atoms with E-state index in [1.807, 2.05) is 0 Å². The van der Waals surface area contributed by atoms with Crippen LogP contribution in [0, 0.1) is 0 Å². The average Bonchev–Trinajstić information content (AvgIpc) is 2.27. The summed E-state index contributed by atoms with van der Waals surface area (Å²) in [7, 11) is -3.76. The van der Waals surface area contributed by atoms with E-state index in [-0.39, 0.29) is 34.6 Å². The first kappa shape index (κ1) is 17.2. The van der Waals surface area contributed by atoms with E-state index in [1.165, 1.54) is 16.4 Å². The molecule has 0 aromatic heterocycles. The van der Waals surface area contributed by atoms with Crippen molar-refractivity contribution < 1.29 is 13.5 Å².